The van der Waals surface area contributed by atoms with Crippen molar-refractivity contribution < 1.29 is 23.3 Å². The van der Waals surface area contributed by atoms with Crippen molar-refractivity contribution in [2.75, 3.05) is 13.6 Å². The van der Waals surface area contributed by atoms with Crippen LogP contribution < -0.4 is 5.73 Å². The number of hydrogen-bond acceptors (Lipinski definition) is 4. The summed E-state index contributed by atoms with van der Waals surface area (Å²) in [6, 6.07) is 1.21. The van der Waals surface area contributed by atoms with Crippen molar-refractivity contribution >= 4 is 17.5 Å². The Morgan fingerprint density at radius 2 is 2.00 bits per heavy atom. The number of likely N-dealkylation sites (N-methyl/N-ethyl adjacent to an activating group) is 1. The van der Waals surface area contributed by atoms with E-state index in [1.807, 2.05) is 0 Å². The van der Waals surface area contributed by atoms with Crippen LogP contribution in [0.4, 0.5) is 14.5 Å². The molecule has 1 aromatic carbocycles. The van der Waals surface area contributed by atoms with E-state index in [4.69, 9.17) is 5.73 Å². The monoisotopic (exact) mass is 273 g/mol. The normalized spacial score (nSPS) is 10.1. The Morgan fingerprint density at radius 1 is 1.42 bits per heavy atom. The van der Waals surface area contributed by atoms with Crippen molar-refractivity contribution in [1.82, 2.24) is 4.90 Å². The molecule has 0 aliphatic carbocycles. The molecule has 7 nitrogen and oxygen atoms in total. The van der Waals surface area contributed by atoms with Gasteiger partial charge in [-0.3, -0.25) is 19.7 Å². The van der Waals surface area contributed by atoms with E-state index in [2.05, 4.69) is 0 Å². The molecule has 2 N–H and O–H groups in total. The van der Waals surface area contributed by atoms with Crippen molar-refractivity contribution in [2.45, 2.75) is 0 Å². The number of nitrogens with two attached hydrogens (primary N) is 1. The van der Waals surface area contributed by atoms with Gasteiger partial charge in [-0.1, -0.05) is 0 Å². The third kappa shape index (κ3) is 3.00. The zero-order valence-corrected chi connectivity index (χ0v) is 9.72. The number of nitrogens with zero attached hydrogens (tertiary/aromatic N) is 2. The zero-order valence-electron chi connectivity index (χ0n) is 9.72. The number of carbonyl (C=O) groups excluding carboxylic acids is 2. The molecule has 0 unspecified atom stereocenters. The molecule has 0 bridgehead atoms. The molecule has 0 aliphatic rings. The van der Waals surface area contributed by atoms with Crippen LogP contribution in [0.2, 0.25) is 0 Å². The predicted molar refractivity (Wildman–Crippen MR) is 59.2 cm³/mol. The fraction of sp³-hybridized carbons (Fsp3) is 0.200. The summed E-state index contributed by atoms with van der Waals surface area (Å²) in [5.74, 6) is -4.95. The molecule has 0 saturated carbocycles. The Bertz CT molecular complexity index is 562. The lowest BCUT2D eigenvalue weighted by atomic mass is 10.1. The molecule has 0 fully saturated rings. The summed E-state index contributed by atoms with van der Waals surface area (Å²) in [5, 5.41) is 10.5. The van der Waals surface area contributed by atoms with Gasteiger partial charge in [-0.05, 0) is 6.07 Å². The van der Waals surface area contributed by atoms with E-state index < -0.39 is 46.2 Å². The number of benzene rings is 1. The first-order valence-corrected chi connectivity index (χ1v) is 4.91. The van der Waals surface area contributed by atoms with Crippen LogP contribution in [0.15, 0.2) is 12.1 Å². The summed E-state index contributed by atoms with van der Waals surface area (Å²) in [5.41, 5.74) is 2.71. The Balaban J connectivity index is 3.26. The molecule has 0 aromatic heterocycles. The number of amides is 2. The molecule has 0 atom stereocenters. The van der Waals surface area contributed by atoms with Gasteiger partial charge in [0.25, 0.3) is 5.91 Å². The van der Waals surface area contributed by atoms with Crippen molar-refractivity contribution in [1.29, 1.82) is 0 Å². The van der Waals surface area contributed by atoms with E-state index in [0.717, 1.165) is 7.05 Å². The van der Waals surface area contributed by atoms with Crippen molar-refractivity contribution in [3.8, 4) is 0 Å². The average Bonchev–Trinajstić information content (AvgIpc) is 2.27. The molecular formula is C10H9F2N3O4. The van der Waals surface area contributed by atoms with Gasteiger partial charge in [-0.15, -0.1) is 0 Å². The number of carbonyl (C=O) groups is 2. The number of nitro benzene ring substituents is 1. The van der Waals surface area contributed by atoms with Crippen LogP contribution in [0.3, 0.4) is 0 Å². The Labute approximate surface area is 105 Å². The van der Waals surface area contributed by atoms with Gasteiger partial charge in [0.15, 0.2) is 0 Å². The quantitative estimate of drug-likeness (QED) is 0.634. The number of primary amides is 1. The van der Waals surface area contributed by atoms with Crippen LogP contribution in [0.5, 0.6) is 0 Å². The average molecular weight is 273 g/mol. The van der Waals surface area contributed by atoms with Crippen LogP contribution in [0, 0.1) is 21.7 Å². The predicted octanol–water partition coefficient (Wildman–Crippen LogP) is 0.430. The van der Waals surface area contributed by atoms with Gasteiger partial charge in [-0.25, -0.2) is 4.39 Å². The zero-order chi connectivity index (χ0) is 14.7. The van der Waals surface area contributed by atoms with Gasteiger partial charge in [-0.2, -0.15) is 4.39 Å². The van der Waals surface area contributed by atoms with Crippen LogP contribution >= 0.6 is 0 Å². The minimum Gasteiger partial charge on any atom is -0.368 e. The summed E-state index contributed by atoms with van der Waals surface area (Å²) in [6.45, 7) is -0.569. The Kier molecular flexibility index (Phi) is 4.10. The van der Waals surface area contributed by atoms with Crippen molar-refractivity contribution in [2.24, 2.45) is 5.73 Å². The van der Waals surface area contributed by atoms with Crippen molar-refractivity contribution in [3.05, 3.63) is 39.4 Å². The van der Waals surface area contributed by atoms with Gasteiger partial charge >= 0.3 is 5.69 Å². The second-order valence-electron chi connectivity index (χ2n) is 3.64. The molecule has 0 spiro atoms. The molecule has 0 radical (unpaired) electrons. The van der Waals surface area contributed by atoms with E-state index in [9.17, 15) is 28.5 Å². The third-order valence-electron chi connectivity index (χ3n) is 2.22. The fourth-order valence-electron chi connectivity index (χ4n) is 1.37. The van der Waals surface area contributed by atoms with Crippen LogP contribution in [-0.4, -0.2) is 35.2 Å². The van der Waals surface area contributed by atoms with E-state index in [1.165, 1.54) is 0 Å². The summed E-state index contributed by atoms with van der Waals surface area (Å²) in [7, 11) is 1.09. The molecule has 0 aliphatic heterocycles. The minimum absolute atomic E-state index is 0.569. The Morgan fingerprint density at radius 3 is 2.47 bits per heavy atom. The van der Waals surface area contributed by atoms with Crippen LogP contribution in [0.25, 0.3) is 0 Å². The molecule has 0 saturated heterocycles. The maximum Gasteiger partial charge on any atom is 0.305 e. The largest absolute Gasteiger partial charge is 0.368 e. The highest BCUT2D eigenvalue weighted by Gasteiger charge is 2.28. The van der Waals surface area contributed by atoms with Crippen LogP contribution in [0.1, 0.15) is 10.4 Å². The fourth-order valence-corrected chi connectivity index (χ4v) is 1.37. The lowest BCUT2D eigenvalue weighted by Gasteiger charge is -2.15. The van der Waals surface area contributed by atoms with E-state index in [1.54, 1.807) is 0 Å². The highest BCUT2D eigenvalue weighted by atomic mass is 19.1. The number of nitro groups is 1. The molecule has 102 valence electrons. The lowest BCUT2D eigenvalue weighted by molar-refractivity contribution is -0.387. The molecule has 0 heterocycles. The first-order chi connectivity index (χ1) is 8.75. The van der Waals surface area contributed by atoms with Crippen LogP contribution in [-0.2, 0) is 4.79 Å². The highest BCUT2D eigenvalue weighted by molar-refractivity contribution is 5.97. The molecule has 19 heavy (non-hydrogen) atoms. The van der Waals surface area contributed by atoms with Gasteiger partial charge in [0.2, 0.25) is 11.7 Å². The summed E-state index contributed by atoms with van der Waals surface area (Å²) in [6.07, 6.45) is 0. The van der Waals surface area contributed by atoms with Gasteiger partial charge in [0.1, 0.15) is 11.4 Å². The maximum absolute atomic E-state index is 13.7. The van der Waals surface area contributed by atoms with E-state index in [0.29, 0.717) is 17.0 Å². The molecule has 1 rings (SSSR count). The first kappa shape index (κ1) is 14.5. The van der Waals surface area contributed by atoms with E-state index >= 15 is 0 Å². The van der Waals surface area contributed by atoms with E-state index in [-0.39, 0.29) is 0 Å². The Hall–Kier alpha value is -2.58. The maximum atomic E-state index is 13.7. The topological polar surface area (TPSA) is 107 Å². The minimum atomic E-state index is -1.59. The first-order valence-electron chi connectivity index (χ1n) is 4.91. The number of rotatable bonds is 4. The summed E-state index contributed by atoms with van der Waals surface area (Å²) >= 11 is 0. The third-order valence-corrected chi connectivity index (χ3v) is 2.22. The lowest BCUT2D eigenvalue weighted by Crippen LogP contribution is -2.36. The standard InChI is InChI=1S/C10H9F2N3O4/c1-14(4-7(13)16)10(17)8-5(11)2-3-6(9(8)12)15(18)19/h2-3H,4H2,1H3,(H2,13,16). The summed E-state index contributed by atoms with van der Waals surface area (Å²) < 4.78 is 27.1. The van der Waals surface area contributed by atoms with Gasteiger partial charge in [0, 0.05) is 13.1 Å². The summed E-state index contributed by atoms with van der Waals surface area (Å²) in [4.78, 5) is 32.4. The molecule has 1 aromatic rings. The van der Waals surface area contributed by atoms with Gasteiger partial charge < -0.3 is 10.6 Å². The molecule has 9 heteroatoms. The highest BCUT2D eigenvalue weighted by Crippen LogP contribution is 2.23. The second-order valence-corrected chi connectivity index (χ2v) is 3.64. The van der Waals surface area contributed by atoms with Crippen molar-refractivity contribution in [3.63, 3.8) is 0 Å². The second kappa shape index (κ2) is 5.38. The number of hydrogen-bond donors (Lipinski definition) is 1. The molecular weight excluding hydrogens is 264 g/mol. The molecule has 2 amide bonds. The smallest absolute Gasteiger partial charge is 0.305 e. The van der Waals surface area contributed by atoms with Gasteiger partial charge in [0.05, 0.1) is 11.5 Å². The SMILES string of the molecule is CN(CC(N)=O)C(=O)c1c(F)ccc([N+](=O)[O-])c1F. The number of halogens is 2.